The van der Waals surface area contributed by atoms with Crippen LogP contribution in [0.4, 0.5) is 68.2 Å². The number of nitrogens with zero attached hydrogens (tertiary/aromatic N) is 4. The smallest absolute Gasteiger partial charge is 0.0520 e. The van der Waals surface area contributed by atoms with Crippen LogP contribution >= 0.6 is 0 Å². The van der Waals surface area contributed by atoms with Crippen LogP contribution in [0.5, 0.6) is 0 Å². The largest absolute Gasteiger partial charge is 0.311 e. The van der Waals surface area contributed by atoms with Gasteiger partial charge in [-0.2, -0.15) is 0 Å². The second-order valence-electron chi connectivity index (χ2n) is 34.0. The Morgan fingerprint density at radius 3 is 0.780 bits per heavy atom. The van der Waals surface area contributed by atoms with Gasteiger partial charge < -0.3 is 19.6 Å². The first kappa shape index (κ1) is 78.9. The molecule has 0 aromatic heterocycles. The molecule has 0 bridgehead atoms. The zero-order chi connectivity index (χ0) is 85.1. The van der Waals surface area contributed by atoms with E-state index < -0.39 is 0 Å². The van der Waals surface area contributed by atoms with Gasteiger partial charge in [-0.25, -0.2) is 0 Å². The van der Waals surface area contributed by atoms with Gasteiger partial charge in [-0.1, -0.05) is 321 Å². The SMILES string of the molecule is Cc1cc(C)c(N(c2ccc(-c3ccc(N(c4ccccc4)c4ccccc4)cc3)cc2)c2ccc(-c3c4ccccc4c(-c4ccccc4)c4ccccc34)cc2)c(C)c1.c1ccc(N(c2ccccc2)c2ccc(-c3ccc(N(c4ccc(-c5c6ccccc6c(-c6cccc7c6CCCC7)c6ccccc56)cc4)c4cccc5c4CCCC5)cc3)cc2)cc1. The number of hydrogen-bond acceptors (Lipinski definition) is 4. The van der Waals surface area contributed by atoms with Gasteiger partial charge >= 0.3 is 0 Å². The molecule has 2 aliphatic rings. The topological polar surface area (TPSA) is 13.0 Å². The Labute approximate surface area is 746 Å². The highest BCUT2D eigenvalue weighted by Gasteiger charge is 2.27. The average Bonchev–Trinajstić information content (AvgIpc) is 0.721. The van der Waals surface area contributed by atoms with Gasteiger partial charge in [0, 0.05) is 62.6 Å². The van der Waals surface area contributed by atoms with Crippen LogP contribution in [0.1, 0.15) is 64.6 Å². The molecule has 22 rings (SSSR count). The Balaban J connectivity index is 0.000000155. The molecule has 0 amide bonds. The number of hydrogen-bond donors (Lipinski definition) is 0. The van der Waals surface area contributed by atoms with Crippen molar-refractivity contribution < 1.29 is 0 Å². The Bertz CT molecular complexity index is 7120. The average molecular weight is 1630 g/mol. The molecular weight excluding hydrogens is 1530 g/mol. The number of aryl methyl sites for hydroxylation is 5. The number of para-hydroxylation sites is 4. The lowest BCUT2D eigenvalue weighted by molar-refractivity contribution is 0.686. The summed E-state index contributed by atoms with van der Waals surface area (Å²) in [6, 6.07) is 162. The molecule has 0 heterocycles. The minimum absolute atomic E-state index is 1.10. The molecule has 4 nitrogen and oxygen atoms in total. The maximum absolute atomic E-state index is 2.50. The van der Waals surface area contributed by atoms with Gasteiger partial charge in [-0.05, 0) is 343 Å². The fraction of sp³-hybridized carbons (Fsp3) is 0.0894. The minimum atomic E-state index is 1.10. The van der Waals surface area contributed by atoms with Gasteiger partial charge in [0.05, 0.1) is 5.69 Å². The van der Waals surface area contributed by atoms with E-state index in [0.29, 0.717) is 0 Å². The van der Waals surface area contributed by atoms with Gasteiger partial charge in [-0.15, -0.1) is 0 Å². The van der Waals surface area contributed by atoms with Gasteiger partial charge in [0.1, 0.15) is 0 Å². The normalized spacial score (nSPS) is 12.3. The van der Waals surface area contributed by atoms with E-state index in [0.717, 1.165) is 76.1 Å². The Hall–Kier alpha value is -15.4. The quantitative estimate of drug-likeness (QED) is 0.0794. The molecule has 0 unspecified atom stereocenters. The lowest BCUT2D eigenvalue weighted by Crippen LogP contribution is -2.15. The highest BCUT2D eigenvalue weighted by molar-refractivity contribution is 6.23. The van der Waals surface area contributed by atoms with Crippen LogP contribution < -0.4 is 19.6 Å². The predicted octanol–water partition coefficient (Wildman–Crippen LogP) is 34.6. The van der Waals surface area contributed by atoms with Crippen LogP contribution in [-0.4, -0.2) is 0 Å². The van der Waals surface area contributed by atoms with Crippen LogP contribution in [0.2, 0.25) is 0 Å². The highest BCUT2D eigenvalue weighted by atomic mass is 15.2. The molecule has 20 aromatic carbocycles. The molecule has 0 saturated carbocycles. The lowest BCUT2D eigenvalue weighted by atomic mass is 9.81. The molecule has 4 heteroatoms. The number of rotatable bonds is 18. The summed E-state index contributed by atoms with van der Waals surface area (Å²) in [5, 5.41) is 10.3. The first-order valence-electron chi connectivity index (χ1n) is 45.0. The zero-order valence-electron chi connectivity index (χ0n) is 72.1. The molecule has 20 aromatic rings. The molecule has 2 aliphatic carbocycles. The third-order valence-corrected chi connectivity index (χ3v) is 26.1. The number of fused-ring (bicyclic) bond motifs is 6. The van der Waals surface area contributed by atoms with Gasteiger partial charge in [0.15, 0.2) is 0 Å². The first-order chi connectivity index (χ1) is 62.8. The summed E-state index contributed by atoms with van der Waals surface area (Å²) in [6.45, 7) is 6.64. The van der Waals surface area contributed by atoms with E-state index in [9.17, 15) is 0 Å². The van der Waals surface area contributed by atoms with Crippen LogP contribution in [0, 0.1) is 20.8 Å². The summed E-state index contributed by atoms with van der Waals surface area (Å²) >= 11 is 0. The molecule has 0 spiro atoms. The number of anilines is 12. The second kappa shape index (κ2) is 35.1. The summed E-state index contributed by atoms with van der Waals surface area (Å²) in [4.78, 5) is 9.53. The molecule has 0 saturated heterocycles. The van der Waals surface area contributed by atoms with Crippen LogP contribution in [0.3, 0.4) is 0 Å². The van der Waals surface area contributed by atoms with Crippen LogP contribution in [0.15, 0.2) is 443 Å². The zero-order valence-corrected chi connectivity index (χ0v) is 72.1. The minimum Gasteiger partial charge on any atom is -0.311 e. The van der Waals surface area contributed by atoms with Crippen molar-refractivity contribution >= 4 is 111 Å². The maximum Gasteiger partial charge on any atom is 0.0520 e. The standard InChI is InChI=1S/C64H52N2.C59H46N2/c1-3-21-50(22-4-1)65(51-23-5-2-6-24-51)52-39-33-45(34-40-52)46-35-41-53(42-36-46)66(62-32-16-20-48-18-8-10-26-56(48)62)54-43-37-49(38-44-54)63-58-27-11-13-29-60(58)64(61-30-14-12-28-59(61)63)57-31-15-19-47-17-7-9-25-55(47)57;1-41-39-42(2)59(43(3)40-41)61(51-35-29-45(30-36-51)44-27-33-50(34-28-44)60(48-19-9-5-10-20-48)49-21-11-6-12-22-49)52-37-31-47(32-38-52)58-55-25-15-13-23-53(55)57(46-17-7-4-8-18-46)54-24-14-16-26-56(54)58/h1-6,11-16,19-24,27-44H,7-10,17-18,25-26H2;4-40H,1-3H3. The third-order valence-electron chi connectivity index (χ3n) is 26.1. The van der Waals surface area contributed by atoms with Gasteiger partial charge in [0.2, 0.25) is 0 Å². The first-order valence-corrected chi connectivity index (χ1v) is 45.0. The molecular formula is C123H98N4. The monoisotopic (exact) mass is 1630 g/mol. The van der Waals surface area contributed by atoms with Crippen molar-refractivity contribution in [3.05, 3.63) is 482 Å². The Kier molecular flexibility index (Phi) is 21.8. The summed E-state index contributed by atoms with van der Waals surface area (Å²) in [5.41, 5.74) is 38.6. The molecule has 0 aliphatic heterocycles. The van der Waals surface area contributed by atoms with Crippen molar-refractivity contribution in [2.24, 2.45) is 0 Å². The van der Waals surface area contributed by atoms with Crippen molar-refractivity contribution in [3.63, 3.8) is 0 Å². The van der Waals surface area contributed by atoms with Crippen molar-refractivity contribution in [1.82, 2.24) is 0 Å². The summed E-state index contributed by atoms with van der Waals surface area (Å²) in [6.07, 6.45) is 9.57. The van der Waals surface area contributed by atoms with Crippen molar-refractivity contribution in [1.29, 1.82) is 0 Å². The lowest BCUT2D eigenvalue weighted by Gasteiger charge is -2.30. The summed E-state index contributed by atoms with van der Waals surface area (Å²) in [5.74, 6) is 0. The second-order valence-corrected chi connectivity index (χ2v) is 34.0. The van der Waals surface area contributed by atoms with Crippen molar-refractivity contribution in [3.8, 4) is 66.8 Å². The molecule has 0 fully saturated rings. The molecule has 0 radical (unpaired) electrons. The number of benzene rings is 20. The van der Waals surface area contributed by atoms with E-state index in [1.54, 1.807) is 5.56 Å². The van der Waals surface area contributed by atoms with E-state index in [2.05, 4.69) is 483 Å². The van der Waals surface area contributed by atoms with E-state index in [-0.39, 0.29) is 0 Å². The van der Waals surface area contributed by atoms with Gasteiger partial charge in [-0.3, -0.25) is 0 Å². The Morgan fingerprint density at radius 1 is 0.181 bits per heavy atom. The highest BCUT2D eigenvalue weighted by Crippen LogP contribution is 2.51. The molecule has 0 N–H and O–H groups in total. The van der Waals surface area contributed by atoms with Crippen molar-refractivity contribution in [2.45, 2.75) is 72.1 Å². The van der Waals surface area contributed by atoms with Crippen molar-refractivity contribution in [2.75, 3.05) is 19.6 Å². The molecule has 610 valence electrons. The molecule has 127 heavy (non-hydrogen) atoms. The van der Waals surface area contributed by atoms with Crippen LogP contribution in [-0.2, 0) is 25.7 Å². The van der Waals surface area contributed by atoms with E-state index in [1.807, 2.05) is 0 Å². The van der Waals surface area contributed by atoms with Crippen LogP contribution in [0.25, 0.3) is 110 Å². The Morgan fingerprint density at radius 2 is 0.433 bits per heavy atom. The van der Waals surface area contributed by atoms with E-state index in [4.69, 9.17) is 0 Å². The summed E-state index contributed by atoms with van der Waals surface area (Å²) in [7, 11) is 0. The predicted molar refractivity (Wildman–Crippen MR) is 542 cm³/mol. The van der Waals surface area contributed by atoms with E-state index in [1.165, 1.54) is 187 Å². The third kappa shape index (κ3) is 15.5. The fourth-order valence-corrected chi connectivity index (χ4v) is 20.4. The van der Waals surface area contributed by atoms with E-state index >= 15 is 0 Å². The molecule has 0 atom stereocenters. The summed E-state index contributed by atoms with van der Waals surface area (Å²) < 4.78 is 0. The fourth-order valence-electron chi connectivity index (χ4n) is 20.4. The maximum atomic E-state index is 2.50. The van der Waals surface area contributed by atoms with Gasteiger partial charge in [0.25, 0.3) is 0 Å².